The Balaban J connectivity index is 1.73. The predicted octanol–water partition coefficient (Wildman–Crippen LogP) is 2.37. The van der Waals surface area contributed by atoms with Gasteiger partial charge in [0.25, 0.3) is 5.91 Å². The van der Waals surface area contributed by atoms with Gasteiger partial charge in [0.1, 0.15) is 12.1 Å². The van der Waals surface area contributed by atoms with Gasteiger partial charge in [0, 0.05) is 11.8 Å². The quantitative estimate of drug-likeness (QED) is 0.823. The van der Waals surface area contributed by atoms with Crippen LogP contribution in [0.1, 0.15) is 12.5 Å². The lowest BCUT2D eigenvalue weighted by atomic mass is 9.92. The maximum atomic E-state index is 13.2. The van der Waals surface area contributed by atoms with E-state index in [1.807, 2.05) is 0 Å². The molecular weight excluding hydrogens is 344 g/mol. The van der Waals surface area contributed by atoms with E-state index in [0.29, 0.717) is 5.56 Å². The summed E-state index contributed by atoms with van der Waals surface area (Å²) in [5, 5.41) is 4.91. The van der Waals surface area contributed by atoms with Crippen LogP contribution in [-0.4, -0.2) is 29.3 Å². The van der Waals surface area contributed by atoms with E-state index in [0.717, 1.165) is 17.0 Å². The summed E-state index contributed by atoms with van der Waals surface area (Å²) in [5.41, 5.74) is -0.672. The third-order valence-corrected chi connectivity index (χ3v) is 4.13. The SMILES string of the molecule is C[C@]1(c2ccccc2)NC(=O)N(CC(=O)Nc2ccc(F)c(F)c2)C1=O. The van der Waals surface area contributed by atoms with Gasteiger partial charge in [-0.05, 0) is 24.6 Å². The van der Waals surface area contributed by atoms with Gasteiger partial charge in [0.05, 0.1) is 0 Å². The molecule has 8 heteroatoms. The molecular formula is C18H15F2N3O3. The molecule has 26 heavy (non-hydrogen) atoms. The van der Waals surface area contributed by atoms with Crippen molar-refractivity contribution in [1.82, 2.24) is 10.2 Å². The molecule has 6 nitrogen and oxygen atoms in total. The number of hydrogen-bond donors (Lipinski definition) is 2. The largest absolute Gasteiger partial charge is 0.325 e. The number of nitrogens with zero attached hydrogens (tertiary/aromatic N) is 1. The van der Waals surface area contributed by atoms with Gasteiger partial charge in [0.15, 0.2) is 11.6 Å². The van der Waals surface area contributed by atoms with Crippen LogP contribution in [0, 0.1) is 11.6 Å². The molecule has 1 aliphatic heterocycles. The van der Waals surface area contributed by atoms with E-state index in [2.05, 4.69) is 10.6 Å². The molecule has 4 amide bonds. The van der Waals surface area contributed by atoms with Crippen molar-refractivity contribution in [3.8, 4) is 0 Å². The number of urea groups is 1. The van der Waals surface area contributed by atoms with Crippen molar-refractivity contribution >= 4 is 23.5 Å². The second-order valence-electron chi connectivity index (χ2n) is 5.99. The third-order valence-electron chi connectivity index (χ3n) is 4.13. The van der Waals surface area contributed by atoms with Gasteiger partial charge in [-0.15, -0.1) is 0 Å². The molecule has 1 saturated heterocycles. The van der Waals surface area contributed by atoms with Crippen LogP contribution in [0.15, 0.2) is 48.5 Å². The van der Waals surface area contributed by atoms with Crippen LogP contribution in [0.2, 0.25) is 0 Å². The number of halogens is 2. The molecule has 0 aromatic heterocycles. The van der Waals surface area contributed by atoms with E-state index >= 15 is 0 Å². The van der Waals surface area contributed by atoms with Crippen LogP contribution in [-0.2, 0) is 15.1 Å². The van der Waals surface area contributed by atoms with Gasteiger partial charge in [0.2, 0.25) is 5.91 Å². The fraction of sp³-hybridized carbons (Fsp3) is 0.167. The van der Waals surface area contributed by atoms with Gasteiger partial charge in [-0.2, -0.15) is 0 Å². The maximum Gasteiger partial charge on any atom is 0.325 e. The summed E-state index contributed by atoms with van der Waals surface area (Å²) in [6.45, 7) is 1.00. The highest BCUT2D eigenvalue weighted by molar-refractivity contribution is 6.10. The minimum absolute atomic E-state index is 0.0202. The first-order valence-corrected chi connectivity index (χ1v) is 7.76. The topological polar surface area (TPSA) is 78.5 Å². The van der Waals surface area contributed by atoms with E-state index in [1.54, 1.807) is 37.3 Å². The average Bonchev–Trinajstić information content (AvgIpc) is 2.83. The van der Waals surface area contributed by atoms with Crippen LogP contribution in [0.3, 0.4) is 0 Å². The number of imide groups is 1. The van der Waals surface area contributed by atoms with E-state index in [4.69, 9.17) is 0 Å². The van der Waals surface area contributed by atoms with Crippen molar-refractivity contribution in [2.45, 2.75) is 12.5 Å². The van der Waals surface area contributed by atoms with Crippen LogP contribution in [0.4, 0.5) is 19.3 Å². The lowest BCUT2D eigenvalue weighted by Crippen LogP contribution is -2.42. The highest BCUT2D eigenvalue weighted by Crippen LogP contribution is 2.28. The predicted molar refractivity (Wildman–Crippen MR) is 89.0 cm³/mol. The summed E-state index contributed by atoms with van der Waals surface area (Å²) in [6.07, 6.45) is 0. The molecule has 3 rings (SSSR count). The zero-order chi connectivity index (χ0) is 18.9. The Bertz CT molecular complexity index is 889. The number of benzene rings is 2. The molecule has 0 saturated carbocycles. The van der Waals surface area contributed by atoms with Crippen LogP contribution in [0.5, 0.6) is 0 Å². The van der Waals surface area contributed by atoms with Gasteiger partial charge in [-0.3, -0.25) is 14.5 Å². The van der Waals surface area contributed by atoms with Crippen molar-refractivity contribution in [1.29, 1.82) is 0 Å². The average molecular weight is 359 g/mol. The Hall–Kier alpha value is -3.29. The zero-order valence-corrected chi connectivity index (χ0v) is 13.8. The fourth-order valence-corrected chi connectivity index (χ4v) is 2.73. The molecule has 1 fully saturated rings. The minimum atomic E-state index is -1.28. The second-order valence-corrected chi connectivity index (χ2v) is 5.99. The van der Waals surface area contributed by atoms with Crippen molar-refractivity contribution < 1.29 is 23.2 Å². The van der Waals surface area contributed by atoms with Crippen molar-refractivity contribution in [3.05, 3.63) is 65.7 Å². The standard InChI is InChI=1S/C18H15F2N3O3/c1-18(11-5-3-2-4-6-11)16(25)23(17(26)22-18)10-15(24)21-12-7-8-13(19)14(20)9-12/h2-9H,10H2,1H3,(H,21,24)(H,22,26)/t18-/m1/s1. The maximum absolute atomic E-state index is 13.2. The molecule has 0 bridgehead atoms. The van der Waals surface area contributed by atoms with Gasteiger partial charge in [-0.25, -0.2) is 13.6 Å². The molecule has 134 valence electrons. The minimum Gasteiger partial charge on any atom is -0.324 e. The van der Waals surface area contributed by atoms with E-state index in [9.17, 15) is 23.2 Å². The summed E-state index contributed by atoms with van der Waals surface area (Å²) in [5.74, 6) is -3.45. The van der Waals surface area contributed by atoms with Gasteiger partial charge in [-0.1, -0.05) is 30.3 Å². The summed E-state index contributed by atoms with van der Waals surface area (Å²) in [6, 6.07) is 10.8. The smallest absolute Gasteiger partial charge is 0.324 e. The molecule has 0 radical (unpaired) electrons. The van der Waals surface area contributed by atoms with Crippen molar-refractivity contribution in [2.75, 3.05) is 11.9 Å². The number of nitrogens with one attached hydrogen (secondary N) is 2. The third kappa shape index (κ3) is 3.13. The molecule has 0 spiro atoms. The fourth-order valence-electron chi connectivity index (χ4n) is 2.73. The second kappa shape index (κ2) is 6.55. The van der Waals surface area contributed by atoms with E-state index < -0.39 is 41.6 Å². The first kappa shape index (κ1) is 17.5. The number of hydrogen-bond acceptors (Lipinski definition) is 3. The number of anilines is 1. The Labute approximate surface area is 147 Å². The first-order valence-electron chi connectivity index (χ1n) is 7.76. The van der Waals surface area contributed by atoms with Gasteiger partial charge >= 0.3 is 6.03 Å². The lowest BCUT2D eigenvalue weighted by molar-refractivity contribution is -0.133. The Morgan fingerprint density at radius 1 is 1.12 bits per heavy atom. The summed E-state index contributed by atoms with van der Waals surface area (Å²) in [7, 11) is 0. The highest BCUT2D eigenvalue weighted by Gasteiger charge is 2.49. The molecule has 0 unspecified atom stereocenters. The van der Waals surface area contributed by atoms with Crippen molar-refractivity contribution in [2.24, 2.45) is 0 Å². The highest BCUT2D eigenvalue weighted by atomic mass is 19.2. The summed E-state index contributed by atoms with van der Waals surface area (Å²) >= 11 is 0. The number of rotatable bonds is 4. The molecule has 1 atom stereocenters. The molecule has 0 aliphatic carbocycles. The Morgan fingerprint density at radius 3 is 2.46 bits per heavy atom. The van der Waals surface area contributed by atoms with E-state index in [1.165, 1.54) is 6.07 Å². The number of carbonyl (C=O) groups excluding carboxylic acids is 3. The normalized spacial score (nSPS) is 19.4. The van der Waals surface area contributed by atoms with Crippen LogP contribution < -0.4 is 10.6 Å². The first-order chi connectivity index (χ1) is 12.3. The summed E-state index contributed by atoms with van der Waals surface area (Å²) in [4.78, 5) is 37.7. The number of carbonyl (C=O) groups is 3. The molecule has 1 aliphatic rings. The molecule has 1 heterocycles. The Kier molecular flexibility index (Phi) is 4.41. The zero-order valence-electron chi connectivity index (χ0n) is 13.8. The Morgan fingerprint density at radius 2 is 1.81 bits per heavy atom. The van der Waals surface area contributed by atoms with Crippen LogP contribution in [0.25, 0.3) is 0 Å². The lowest BCUT2D eigenvalue weighted by Gasteiger charge is -2.22. The van der Waals surface area contributed by atoms with Gasteiger partial charge < -0.3 is 10.6 Å². The molecule has 2 N–H and O–H groups in total. The van der Waals surface area contributed by atoms with Crippen molar-refractivity contribution in [3.63, 3.8) is 0 Å². The summed E-state index contributed by atoms with van der Waals surface area (Å²) < 4.78 is 26.1. The van der Waals surface area contributed by atoms with Crippen LogP contribution >= 0.6 is 0 Å². The van der Waals surface area contributed by atoms with E-state index in [-0.39, 0.29) is 5.69 Å². The monoisotopic (exact) mass is 359 g/mol. The molecule has 2 aromatic carbocycles. The number of amides is 4. The molecule has 2 aromatic rings.